The Labute approximate surface area is 156 Å². The molecular weight excluding hydrogens is 350 g/mol. The first-order valence-electron chi connectivity index (χ1n) is 9.31. The van der Waals surface area contributed by atoms with Gasteiger partial charge in [0, 0.05) is 30.3 Å². The highest BCUT2D eigenvalue weighted by Crippen LogP contribution is 2.40. The fourth-order valence-electron chi connectivity index (χ4n) is 3.66. The van der Waals surface area contributed by atoms with Crippen molar-refractivity contribution in [1.82, 2.24) is 20.7 Å². The number of anilines is 1. The monoisotopic (exact) mass is 375 g/mol. The van der Waals surface area contributed by atoms with Gasteiger partial charge in [0.1, 0.15) is 5.76 Å². The number of hydrogen-bond donors (Lipinski definition) is 4. The fraction of sp³-hybridized carbons (Fsp3) is 0.556. The van der Waals surface area contributed by atoms with Gasteiger partial charge in [0.15, 0.2) is 5.82 Å². The van der Waals surface area contributed by atoms with Crippen molar-refractivity contribution in [3.63, 3.8) is 0 Å². The van der Waals surface area contributed by atoms with E-state index in [0.29, 0.717) is 30.0 Å². The topological polar surface area (TPSA) is 133 Å². The Morgan fingerprint density at radius 3 is 3.00 bits per heavy atom. The minimum Gasteiger partial charge on any atom is -0.465 e. The number of aromatic amines is 1. The quantitative estimate of drug-likeness (QED) is 0.498. The highest BCUT2D eigenvalue weighted by atomic mass is 16.5. The second-order valence-electron chi connectivity index (χ2n) is 7.02. The first-order chi connectivity index (χ1) is 13.1. The van der Waals surface area contributed by atoms with Gasteiger partial charge in [-0.2, -0.15) is 5.10 Å². The highest BCUT2D eigenvalue weighted by molar-refractivity contribution is 5.91. The van der Waals surface area contributed by atoms with E-state index in [1.54, 1.807) is 6.07 Å². The van der Waals surface area contributed by atoms with E-state index in [1.165, 1.54) is 12.6 Å². The zero-order valence-electron chi connectivity index (χ0n) is 15.1. The predicted molar refractivity (Wildman–Crippen MR) is 97.4 cm³/mol. The van der Waals surface area contributed by atoms with Crippen molar-refractivity contribution in [3.05, 3.63) is 29.8 Å². The molecule has 27 heavy (non-hydrogen) atoms. The van der Waals surface area contributed by atoms with E-state index in [1.807, 2.05) is 6.07 Å². The number of carbonyl (C=O) groups is 2. The van der Waals surface area contributed by atoms with Gasteiger partial charge >= 0.3 is 6.09 Å². The van der Waals surface area contributed by atoms with Crippen molar-refractivity contribution in [2.45, 2.75) is 50.9 Å². The summed E-state index contributed by atoms with van der Waals surface area (Å²) in [5.41, 5.74) is 1.06. The van der Waals surface area contributed by atoms with Crippen LogP contribution >= 0.6 is 0 Å². The summed E-state index contributed by atoms with van der Waals surface area (Å²) in [5.74, 6) is 1.94. The van der Waals surface area contributed by atoms with Crippen molar-refractivity contribution in [2.75, 3.05) is 11.9 Å². The molecule has 1 fully saturated rings. The molecule has 9 heteroatoms. The summed E-state index contributed by atoms with van der Waals surface area (Å²) in [5, 5.41) is 24.5. The molecule has 0 bridgehead atoms. The summed E-state index contributed by atoms with van der Waals surface area (Å²) in [6, 6.07) is 3.56. The maximum Gasteiger partial charge on any atom is 0.404 e. The van der Waals surface area contributed by atoms with Gasteiger partial charge in [-0.1, -0.05) is 18.0 Å². The Balaban J connectivity index is 1.39. The van der Waals surface area contributed by atoms with Crippen LogP contribution in [0.25, 0.3) is 0 Å². The smallest absolute Gasteiger partial charge is 0.404 e. The number of aromatic nitrogens is 3. The summed E-state index contributed by atoms with van der Waals surface area (Å²) in [6.07, 6.45) is 7.07. The van der Waals surface area contributed by atoms with Crippen molar-refractivity contribution in [1.29, 1.82) is 0 Å². The van der Waals surface area contributed by atoms with Gasteiger partial charge in [-0.05, 0) is 31.6 Å². The van der Waals surface area contributed by atoms with Crippen LogP contribution in [-0.2, 0) is 11.2 Å². The second-order valence-corrected chi connectivity index (χ2v) is 7.02. The van der Waals surface area contributed by atoms with Crippen LogP contribution in [0.3, 0.4) is 0 Å². The fourth-order valence-corrected chi connectivity index (χ4v) is 3.66. The summed E-state index contributed by atoms with van der Waals surface area (Å²) < 4.78 is 4.93. The van der Waals surface area contributed by atoms with E-state index in [-0.39, 0.29) is 12.3 Å². The van der Waals surface area contributed by atoms with Gasteiger partial charge < -0.3 is 20.3 Å². The summed E-state index contributed by atoms with van der Waals surface area (Å²) >= 11 is 0. The molecule has 1 aliphatic rings. The van der Waals surface area contributed by atoms with Crippen LogP contribution in [0.1, 0.15) is 55.9 Å². The second kappa shape index (κ2) is 9.20. The maximum atomic E-state index is 12.0. The molecule has 1 saturated carbocycles. The highest BCUT2D eigenvalue weighted by Gasteiger charge is 2.27. The third-order valence-corrected chi connectivity index (χ3v) is 4.99. The van der Waals surface area contributed by atoms with Gasteiger partial charge in [0.2, 0.25) is 5.91 Å². The number of carbonyl (C=O) groups excluding carboxylic acids is 1. The Bertz CT molecular complexity index is 743. The number of carboxylic acid groups (broad SMARTS) is 1. The number of hydrogen-bond acceptors (Lipinski definition) is 5. The average Bonchev–Trinajstić information content (AvgIpc) is 3.35. The molecule has 2 atom stereocenters. The molecule has 0 unspecified atom stereocenters. The lowest BCUT2D eigenvalue weighted by molar-refractivity contribution is -0.115. The summed E-state index contributed by atoms with van der Waals surface area (Å²) in [4.78, 5) is 22.4. The lowest BCUT2D eigenvalue weighted by atomic mass is 9.97. The predicted octanol–water partition coefficient (Wildman–Crippen LogP) is 2.90. The number of nitrogens with one attached hydrogen (secondary N) is 3. The van der Waals surface area contributed by atoms with Crippen LogP contribution < -0.4 is 10.6 Å². The molecule has 0 aliphatic heterocycles. The minimum atomic E-state index is -0.959. The standard InChI is InChI=1S/C18H25N5O4/c24-17(10-14-6-8-20-27-14)21-16-11-15(22-23-16)13-5-4-12(9-13)3-1-2-7-19-18(25)26/h6,8,11-13,19H,1-5,7,9-10H2,(H,25,26)(H2,21,22,23,24)/t12-,13+/m1/s1. The summed E-state index contributed by atoms with van der Waals surface area (Å²) in [6.45, 7) is 0.517. The van der Waals surface area contributed by atoms with Crippen LogP contribution in [0, 0.1) is 5.92 Å². The van der Waals surface area contributed by atoms with Gasteiger partial charge in [0.25, 0.3) is 0 Å². The first kappa shape index (κ1) is 18.9. The Morgan fingerprint density at radius 2 is 2.22 bits per heavy atom. The third kappa shape index (κ3) is 5.83. The molecule has 2 aromatic heterocycles. The van der Waals surface area contributed by atoms with Crippen LogP contribution in [0.5, 0.6) is 0 Å². The van der Waals surface area contributed by atoms with E-state index in [2.05, 4.69) is 26.0 Å². The van der Waals surface area contributed by atoms with Gasteiger partial charge in [-0.25, -0.2) is 4.79 Å². The molecule has 0 spiro atoms. The SMILES string of the molecule is O=C(O)NCCCC[C@@H]1CC[C@H](c2cc(NC(=O)Cc3ccno3)n[nH]2)C1. The molecule has 2 amide bonds. The van der Waals surface area contributed by atoms with E-state index >= 15 is 0 Å². The van der Waals surface area contributed by atoms with Crippen molar-refractivity contribution >= 4 is 17.8 Å². The van der Waals surface area contributed by atoms with Gasteiger partial charge in [-0.3, -0.25) is 9.89 Å². The zero-order valence-corrected chi connectivity index (χ0v) is 15.1. The van der Waals surface area contributed by atoms with Crippen molar-refractivity contribution < 1.29 is 19.2 Å². The van der Waals surface area contributed by atoms with Crippen LogP contribution in [0.4, 0.5) is 10.6 Å². The lowest BCUT2D eigenvalue weighted by Gasteiger charge is -2.10. The minimum absolute atomic E-state index is 0.129. The Hall–Kier alpha value is -2.84. The van der Waals surface area contributed by atoms with Crippen molar-refractivity contribution in [2.24, 2.45) is 5.92 Å². The average molecular weight is 375 g/mol. The largest absolute Gasteiger partial charge is 0.465 e. The Morgan fingerprint density at radius 1 is 1.33 bits per heavy atom. The molecule has 146 valence electrons. The zero-order chi connectivity index (χ0) is 19.1. The van der Waals surface area contributed by atoms with E-state index in [4.69, 9.17) is 9.63 Å². The molecule has 3 rings (SSSR count). The molecule has 4 N–H and O–H groups in total. The van der Waals surface area contributed by atoms with E-state index < -0.39 is 6.09 Å². The number of unbranched alkanes of at least 4 members (excludes halogenated alkanes) is 1. The number of H-pyrrole nitrogens is 1. The molecule has 2 aromatic rings. The van der Waals surface area contributed by atoms with Gasteiger partial charge in [0.05, 0.1) is 12.6 Å². The van der Waals surface area contributed by atoms with Crippen LogP contribution in [0.2, 0.25) is 0 Å². The molecule has 0 saturated heterocycles. The normalized spacial score (nSPS) is 19.1. The molecule has 0 aromatic carbocycles. The van der Waals surface area contributed by atoms with E-state index in [0.717, 1.165) is 37.8 Å². The van der Waals surface area contributed by atoms with Crippen LogP contribution in [0.15, 0.2) is 22.9 Å². The van der Waals surface area contributed by atoms with Crippen LogP contribution in [-0.4, -0.2) is 39.0 Å². The molecule has 0 radical (unpaired) electrons. The number of nitrogens with zero attached hydrogens (tertiary/aromatic N) is 2. The molecule has 9 nitrogen and oxygen atoms in total. The summed E-state index contributed by atoms with van der Waals surface area (Å²) in [7, 11) is 0. The maximum absolute atomic E-state index is 12.0. The Kier molecular flexibility index (Phi) is 6.45. The number of amides is 2. The number of rotatable bonds is 9. The molecule has 1 aliphatic carbocycles. The third-order valence-electron chi connectivity index (χ3n) is 4.99. The molecule has 2 heterocycles. The lowest BCUT2D eigenvalue weighted by Crippen LogP contribution is -2.21. The van der Waals surface area contributed by atoms with Crippen molar-refractivity contribution in [3.8, 4) is 0 Å². The van der Waals surface area contributed by atoms with E-state index in [9.17, 15) is 9.59 Å². The first-order valence-corrected chi connectivity index (χ1v) is 9.31. The van der Waals surface area contributed by atoms with Gasteiger partial charge in [-0.15, -0.1) is 0 Å². The molecular formula is C18H25N5O4.